The van der Waals surface area contributed by atoms with Crippen LogP contribution in [0, 0.1) is 0 Å². The summed E-state index contributed by atoms with van der Waals surface area (Å²) in [7, 11) is 1.29. The van der Waals surface area contributed by atoms with Crippen LogP contribution in [0.3, 0.4) is 0 Å². The molecule has 0 aliphatic rings. The molecule has 0 spiro atoms. The molecule has 0 saturated heterocycles. The molecule has 2 nitrogen and oxygen atoms in total. The van der Waals surface area contributed by atoms with Gasteiger partial charge in [0, 0.05) is 12.6 Å². The lowest BCUT2D eigenvalue weighted by atomic mass is 10.1. The highest BCUT2D eigenvalue weighted by atomic mass is 79.9. The zero-order chi connectivity index (χ0) is 14.0. The first-order valence-corrected chi connectivity index (χ1v) is 6.32. The molecule has 0 radical (unpaired) electrons. The van der Waals surface area contributed by atoms with Crippen molar-refractivity contribution in [2.24, 2.45) is 7.05 Å². The lowest BCUT2D eigenvalue weighted by Gasteiger charge is -2.04. The van der Waals surface area contributed by atoms with Crippen molar-refractivity contribution < 1.29 is 13.2 Å². The van der Waals surface area contributed by atoms with E-state index in [-0.39, 0.29) is 0 Å². The average Bonchev–Trinajstić information content (AvgIpc) is 2.72. The van der Waals surface area contributed by atoms with Gasteiger partial charge in [-0.25, -0.2) is 0 Å². The van der Waals surface area contributed by atoms with Gasteiger partial charge in [-0.15, -0.1) is 0 Å². The van der Waals surface area contributed by atoms with Crippen LogP contribution in [0.25, 0.3) is 17.3 Å². The van der Waals surface area contributed by atoms with Crippen LogP contribution in [0.1, 0.15) is 11.3 Å². The van der Waals surface area contributed by atoms with E-state index in [2.05, 4.69) is 21.0 Å². The molecule has 0 saturated carbocycles. The third kappa shape index (κ3) is 3.07. The summed E-state index contributed by atoms with van der Waals surface area (Å²) in [5.74, 6) is 0. The summed E-state index contributed by atoms with van der Waals surface area (Å²) in [6, 6.07) is 8.16. The van der Waals surface area contributed by atoms with Crippen molar-refractivity contribution in [2.75, 3.05) is 0 Å². The first-order valence-electron chi connectivity index (χ1n) is 5.40. The van der Waals surface area contributed by atoms with E-state index in [9.17, 15) is 13.2 Å². The fourth-order valence-electron chi connectivity index (χ4n) is 1.71. The van der Waals surface area contributed by atoms with Gasteiger partial charge in [0.25, 0.3) is 0 Å². The van der Waals surface area contributed by atoms with E-state index in [1.54, 1.807) is 17.1 Å². The first kappa shape index (κ1) is 13.9. The normalized spacial score (nSPS) is 12.3. The zero-order valence-corrected chi connectivity index (χ0v) is 11.5. The standard InChI is InChI=1S/C13H10BrF3N2/c1-19-12(13(15,16)17)8-11(18-19)10-4-2-9(3-5-10)6-7-14/h2-8H,1H3/b7-6+. The van der Waals surface area contributed by atoms with Gasteiger partial charge in [0.2, 0.25) is 0 Å². The lowest BCUT2D eigenvalue weighted by Crippen LogP contribution is -2.11. The van der Waals surface area contributed by atoms with E-state index in [1.807, 2.05) is 18.2 Å². The minimum Gasteiger partial charge on any atom is -0.263 e. The van der Waals surface area contributed by atoms with Crippen LogP contribution in [0.4, 0.5) is 13.2 Å². The number of alkyl halides is 3. The number of nitrogens with zero attached hydrogens (tertiary/aromatic N) is 2. The van der Waals surface area contributed by atoms with Gasteiger partial charge in [-0.05, 0) is 22.7 Å². The van der Waals surface area contributed by atoms with Crippen molar-refractivity contribution in [3.63, 3.8) is 0 Å². The maximum atomic E-state index is 12.7. The second-order valence-corrected chi connectivity index (χ2v) is 4.48. The maximum absolute atomic E-state index is 12.7. The molecule has 19 heavy (non-hydrogen) atoms. The van der Waals surface area contributed by atoms with Gasteiger partial charge in [0.15, 0.2) is 0 Å². The number of aryl methyl sites for hydroxylation is 1. The molecular weight excluding hydrogens is 321 g/mol. The fourth-order valence-corrected chi connectivity index (χ4v) is 2.02. The van der Waals surface area contributed by atoms with Crippen molar-refractivity contribution in [2.45, 2.75) is 6.18 Å². The van der Waals surface area contributed by atoms with E-state index in [4.69, 9.17) is 0 Å². The highest BCUT2D eigenvalue weighted by Gasteiger charge is 2.34. The Balaban J connectivity index is 2.37. The summed E-state index contributed by atoms with van der Waals surface area (Å²) in [6.07, 6.45) is -2.55. The second-order valence-electron chi connectivity index (χ2n) is 3.95. The minimum atomic E-state index is -4.39. The van der Waals surface area contributed by atoms with Crippen LogP contribution in [-0.4, -0.2) is 9.78 Å². The maximum Gasteiger partial charge on any atom is 0.433 e. The highest BCUT2D eigenvalue weighted by molar-refractivity contribution is 9.11. The van der Waals surface area contributed by atoms with Gasteiger partial charge in [0.05, 0.1) is 5.69 Å². The van der Waals surface area contributed by atoms with Crippen LogP contribution in [0.15, 0.2) is 35.3 Å². The van der Waals surface area contributed by atoms with E-state index in [0.717, 1.165) is 16.3 Å². The Labute approximate surface area is 116 Å². The Morgan fingerprint density at radius 2 is 1.84 bits per heavy atom. The Morgan fingerprint density at radius 3 is 2.32 bits per heavy atom. The summed E-state index contributed by atoms with van der Waals surface area (Å²) in [5.41, 5.74) is 1.15. The lowest BCUT2D eigenvalue weighted by molar-refractivity contribution is -0.143. The van der Waals surface area contributed by atoms with Gasteiger partial charge in [0.1, 0.15) is 5.69 Å². The van der Waals surface area contributed by atoms with Gasteiger partial charge in [-0.2, -0.15) is 18.3 Å². The number of halogens is 4. The second kappa shape index (κ2) is 5.21. The molecule has 0 aliphatic heterocycles. The van der Waals surface area contributed by atoms with Crippen LogP contribution < -0.4 is 0 Å². The number of hydrogen-bond donors (Lipinski definition) is 0. The topological polar surface area (TPSA) is 17.8 Å². The molecule has 0 amide bonds. The minimum absolute atomic E-state index is 0.309. The van der Waals surface area contributed by atoms with E-state index in [0.29, 0.717) is 11.3 Å². The molecule has 1 heterocycles. The van der Waals surface area contributed by atoms with Crippen LogP contribution in [-0.2, 0) is 13.2 Å². The number of hydrogen-bond acceptors (Lipinski definition) is 1. The number of aromatic nitrogens is 2. The molecule has 1 aromatic carbocycles. The van der Waals surface area contributed by atoms with E-state index >= 15 is 0 Å². The average molecular weight is 331 g/mol. The molecule has 0 atom stereocenters. The van der Waals surface area contributed by atoms with Gasteiger partial charge >= 0.3 is 6.18 Å². The molecule has 1 aromatic heterocycles. The molecule has 0 aliphatic carbocycles. The SMILES string of the molecule is Cn1nc(-c2ccc(/C=C/Br)cc2)cc1C(F)(F)F. The fraction of sp³-hybridized carbons (Fsp3) is 0.154. The highest BCUT2D eigenvalue weighted by Crippen LogP contribution is 2.31. The first-order chi connectivity index (χ1) is 8.91. The number of benzene rings is 1. The molecule has 2 rings (SSSR count). The monoisotopic (exact) mass is 330 g/mol. The summed E-state index contributed by atoms with van der Waals surface area (Å²) >= 11 is 3.16. The summed E-state index contributed by atoms with van der Waals surface area (Å²) < 4.78 is 38.9. The quantitative estimate of drug-likeness (QED) is 0.794. The van der Waals surface area contributed by atoms with Gasteiger partial charge in [-0.1, -0.05) is 40.2 Å². The third-order valence-corrected chi connectivity index (χ3v) is 2.90. The van der Waals surface area contributed by atoms with Crippen molar-refractivity contribution in [3.05, 3.63) is 46.6 Å². The molecule has 100 valence electrons. The molecule has 0 bridgehead atoms. The Bertz CT molecular complexity index is 597. The van der Waals surface area contributed by atoms with Gasteiger partial charge in [-0.3, -0.25) is 4.68 Å². The van der Waals surface area contributed by atoms with Crippen molar-refractivity contribution >= 4 is 22.0 Å². The Morgan fingerprint density at radius 1 is 1.21 bits per heavy atom. The van der Waals surface area contributed by atoms with Crippen LogP contribution in [0.2, 0.25) is 0 Å². The molecule has 6 heteroatoms. The summed E-state index contributed by atoms with van der Waals surface area (Å²) in [4.78, 5) is 1.71. The molecule has 2 aromatic rings. The van der Waals surface area contributed by atoms with Crippen molar-refractivity contribution in [1.82, 2.24) is 9.78 Å². The largest absolute Gasteiger partial charge is 0.433 e. The molecule has 0 unspecified atom stereocenters. The van der Waals surface area contributed by atoms with E-state index in [1.165, 1.54) is 7.05 Å². The molecule has 0 N–H and O–H groups in total. The van der Waals surface area contributed by atoms with Crippen LogP contribution >= 0.6 is 15.9 Å². The summed E-state index contributed by atoms with van der Waals surface area (Å²) in [5, 5.41) is 3.89. The smallest absolute Gasteiger partial charge is 0.263 e. The zero-order valence-electron chi connectivity index (χ0n) is 9.95. The van der Waals surface area contributed by atoms with Crippen molar-refractivity contribution in [1.29, 1.82) is 0 Å². The Hall–Kier alpha value is -1.56. The van der Waals surface area contributed by atoms with E-state index < -0.39 is 11.9 Å². The van der Waals surface area contributed by atoms with Crippen LogP contribution in [0.5, 0.6) is 0 Å². The molecule has 0 fully saturated rings. The molecular formula is C13H10BrF3N2. The predicted octanol–water partition coefficient (Wildman–Crippen LogP) is 4.47. The number of rotatable bonds is 2. The van der Waals surface area contributed by atoms with Gasteiger partial charge < -0.3 is 0 Å². The summed E-state index contributed by atoms with van der Waals surface area (Å²) in [6.45, 7) is 0. The predicted molar refractivity (Wildman–Crippen MR) is 71.6 cm³/mol. The Kier molecular flexibility index (Phi) is 3.80. The van der Waals surface area contributed by atoms with Crippen molar-refractivity contribution in [3.8, 4) is 11.3 Å². The third-order valence-electron chi connectivity index (χ3n) is 2.63.